The van der Waals surface area contributed by atoms with E-state index in [2.05, 4.69) is 15.9 Å². The largest absolute Gasteiger partial charge is 0.338 e. The van der Waals surface area contributed by atoms with Gasteiger partial charge in [0.25, 0.3) is 5.91 Å². The molecule has 1 unspecified atom stereocenters. The highest BCUT2D eigenvalue weighted by Gasteiger charge is 2.27. The minimum absolute atomic E-state index is 0.00891. The maximum Gasteiger partial charge on any atom is 0.255 e. The molecule has 0 saturated carbocycles. The van der Waals surface area contributed by atoms with Crippen molar-refractivity contribution < 1.29 is 17.6 Å². The van der Waals surface area contributed by atoms with Gasteiger partial charge in [0, 0.05) is 13.1 Å². The number of carbonyl (C=O) groups is 1. The van der Waals surface area contributed by atoms with Crippen LogP contribution in [0.5, 0.6) is 0 Å². The average molecular weight is 379 g/mol. The molecule has 116 valence electrons. The van der Waals surface area contributed by atoms with Crippen molar-refractivity contribution in [3.8, 4) is 0 Å². The lowest BCUT2D eigenvalue weighted by Crippen LogP contribution is -2.39. The second-order valence-electron chi connectivity index (χ2n) is 5.31. The average Bonchev–Trinajstić information content (AvgIpc) is 2.39. The van der Waals surface area contributed by atoms with Crippen LogP contribution in [0, 0.1) is 11.7 Å². The predicted octanol–water partition coefficient (Wildman–Crippen LogP) is 2.11. The van der Waals surface area contributed by atoms with Crippen LogP contribution in [-0.2, 0) is 10.0 Å². The molecule has 1 aromatic carbocycles. The summed E-state index contributed by atoms with van der Waals surface area (Å²) in [4.78, 5) is 13.7. The Morgan fingerprint density at radius 3 is 2.71 bits per heavy atom. The molecule has 1 fully saturated rings. The molecular formula is C13H16BrFN2O3S. The number of sulfonamides is 1. The lowest BCUT2D eigenvalue weighted by molar-refractivity contribution is 0.0681. The second-order valence-corrected chi connectivity index (χ2v) is 7.63. The van der Waals surface area contributed by atoms with Crippen molar-refractivity contribution in [1.29, 1.82) is 0 Å². The summed E-state index contributed by atoms with van der Waals surface area (Å²) in [5.41, 5.74) is -0.0203. The number of likely N-dealkylation sites (tertiary alicyclic amines) is 1. The van der Waals surface area contributed by atoms with Crippen molar-refractivity contribution in [2.75, 3.05) is 13.1 Å². The van der Waals surface area contributed by atoms with Gasteiger partial charge < -0.3 is 4.90 Å². The first-order valence-corrected chi connectivity index (χ1v) is 8.85. The molecule has 2 rings (SSSR count). The number of halogens is 2. The molecule has 0 aromatic heterocycles. The SMILES string of the molecule is CC1CCCN(C(=O)c2cc(F)cc(S(N)(=O)=O)c2Br)C1. The van der Waals surface area contributed by atoms with Crippen molar-refractivity contribution in [2.45, 2.75) is 24.7 Å². The van der Waals surface area contributed by atoms with Crippen LogP contribution >= 0.6 is 15.9 Å². The zero-order valence-corrected chi connectivity index (χ0v) is 13.9. The van der Waals surface area contributed by atoms with Crippen molar-refractivity contribution in [1.82, 2.24) is 4.90 Å². The second kappa shape index (κ2) is 6.02. The molecule has 1 saturated heterocycles. The summed E-state index contributed by atoms with van der Waals surface area (Å²) in [5, 5.41) is 5.05. The fourth-order valence-corrected chi connectivity index (χ4v) is 4.18. The third-order valence-electron chi connectivity index (χ3n) is 3.49. The van der Waals surface area contributed by atoms with Gasteiger partial charge in [0.2, 0.25) is 10.0 Å². The lowest BCUT2D eigenvalue weighted by atomic mass is 9.99. The molecule has 2 N–H and O–H groups in total. The number of nitrogens with zero attached hydrogens (tertiary/aromatic N) is 1. The van der Waals surface area contributed by atoms with E-state index in [-0.39, 0.29) is 10.0 Å². The third kappa shape index (κ3) is 3.61. The Labute approximate surface area is 131 Å². The molecule has 1 heterocycles. The van der Waals surface area contributed by atoms with Gasteiger partial charge in [-0.1, -0.05) is 6.92 Å². The van der Waals surface area contributed by atoms with Crippen molar-refractivity contribution in [3.05, 3.63) is 28.0 Å². The molecule has 5 nitrogen and oxygen atoms in total. The fourth-order valence-electron chi connectivity index (χ4n) is 2.47. The number of hydrogen-bond donors (Lipinski definition) is 1. The highest BCUT2D eigenvalue weighted by Crippen LogP contribution is 2.29. The van der Waals surface area contributed by atoms with Crippen LogP contribution in [0.1, 0.15) is 30.1 Å². The molecule has 1 aromatic rings. The number of benzene rings is 1. The Kier molecular flexibility index (Phi) is 4.69. The van der Waals surface area contributed by atoms with Crippen LogP contribution in [0.25, 0.3) is 0 Å². The van der Waals surface area contributed by atoms with Gasteiger partial charge in [0.15, 0.2) is 0 Å². The van der Waals surface area contributed by atoms with Crippen molar-refractivity contribution in [3.63, 3.8) is 0 Å². The van der Waals surface area contributed by atoms with Gasteiger partial charge in [-0.2, -0.15) is 0 Å². The molecule has 0 bridgehead atoms. The van der Waals surface area contributed by atoms with E-state index >= 15 is 0 Å². The van der Waals surface area contributed by atoms with E-state index in [1.807, 2.05) is 6.92 Å². The van der Waals surface area contributed by atoms with E-state index in [1.165, 1.54) is 0 Å². The maximum absolute atomic E-state index is 13.6. The molecule has 1 aliphatic heterocycles. The number of primary sulfonamides is 1. The molecule has 0 aliphatic carbocycles. The molecule has 1 amide bonds. The molecule has 21 heavy (non-hydrogen) atoms. The lowest BCUT2D eigenvalue weighted by Gasteiger charge is -2.31. The summed E-state index contributed by atoms with van der Waals surface area (Å²) in [6.07, 6.45) is 1.92. The smallest absolute Gasteiger partial charge is 0.255 e. The summed E-state index contributed by atoms with van der Waals surface area (Å²) >= 11 is 3.06. The topological polar surface area (TPSA) is 80.5 Å². The van der Waals surface area contributed by atoms with Gasteiger partial charge in [0.05, 0.1) is 14.9 Å². The Morgan fingerprint density at radius 1 is 1.48 bits per heavy atom. The molecular weight excluding hydrogens is 363 g/mol. The van der Waals surface area contributed by atoms with Gasteiger partial charge in [-0.05, 0) is 46.8 Å². The number of rotatable bonds is 2. The first-order valence-electron chi connectivity index (χ1n) is 6.51. The quantitative estimate of drug-likeness (QED) is 0.855. The van der Waals surface area contributed by atoms with Gasteiger partial charge >= 0.3 is 0 Å². The predicted molar refractivity (Wildman–Crippen MR) is 79.8 cm³/mol. The standard InChI is InChI=1S/C13H16BrFN2O3S/c1-8-3-2-4-17(7-8)13(18)10-5-9(15)6-11(12(10)14)21(16,19)20/h5-6,8H,2-4,7H2,1H3,(H2,16,19,20). The van der Waals surface area contributed by atoms with Gasteiger partial charge in [-0.15, -0.1) is 0 Å². The normalized spacial score (nSPS) is 19.6. The molecule has 1 atom stereocenters. The summed E-state index contributed by atoms with van der Waals surface area (Å²) in [6, 6.07) is 1.83. The first kappa shape index (κ1) is 16.4. The zero-order valence-electron chi connectivity index (χ0n) is 11.5. The molecule has 8 heteroatoms. The number of hydrogen-bond acceptors (Lipinski definition) is 3. The van der Waals surface area contributed by atoms with Crippen LogP contribution in [0.4, 0.5) is 4.39 Å². The van der Waals surface area contributed by atoms with Gasteiger partial charge in [0.1, 0.15) is 5.82 Å². The van der Waals surface area contributed by atoms with E-state index < -0.39 is 26.6 Å². The zero-order chi connectivity index (χ0) is 15.8. The Hall–Kier alpha value is -0.990. The monoisotopic (exact) mass is 378 g/mol. The Bertz CT molecular complexity index is 678. The maximum atomic E-state index is 13.6. The summed E-state index contributed by atoms with van der Waals surface area (Å²) in [7, 11) is -4.11. The molecule has 1 aliphatic rings. The van der Waals surface area contributed by atoms with Crippen LogP contribution in [0.3, 0.4) is 0 Å². The number of piperidine rings is 1. The number of carbonyl (C=O) groups excluding carboxylic acids is 1. The van der Waals surface area contributed by atoms with Crippen molar-refractivity contribution in [2.24, 2.45) is 11.1 Å². The van der Waals surface area contributed by atoms with E-state index in [9.17, 15) is 17.6 Å². The fraction of sp³-hybridized carbons (Fsp3) is 0.462. The van der Waals surface area contributed by atoms with Crippen LogP contribution < -0.4 is 5.14 Å². The van der Waals surface area contributed by atoms with Gasteiger partial charge in [-0.3, -0.25) is 4.79 Å². The molecule has 0 spiro atoms. The van der Waals surface area contributed by atoms with E-state index in [4.69, 9.17) is 5.14 Å². The number of amides is 1. The Morgan fingerprint density at radius 2 is 2.14 bits per heavy atom. The van der Waals surface area contributed by atoms with Crippen molar-refractivity contribution >= 4 is 31.9 Å². The third-order valence-corrected chi connectivity index (χ3v) is 5.54. The highest BCUT2D eigenvalue weighted by atomic mass is 79.9. The summed E-state index contributed by atoms with van der Waals surface area (Å²) in [6.45, 7) is 3.19. The van der Waals surface area contributed by atoms with E-state index in [0.717, 1.165) is 25.0 Å². The summed E-state index contributed by atoms with van der Waals surface area (Å²) < 4.78 is 36.6. The van der Waals surface area contributed by atoms with Crippen LogP contribution in [0.15, 0.2) is 21.5 Å². The summed E-state index contributed by atoms with van der Waals surface area (Å²) in [5.74, 6) is -0.832. The van der Waals surface area contributed by atoms with Crippen LogP contribution in [0.2, 0.25) is 0 Å². The highest BCUT2D eigenvalue weighted by molar-refractivity contribution is 9.10. The van der Waals surface area contributed by atoms with Crippen LogP contribution in [-0.4, -0.2) is 32.3 Å². The van der Waals surface area contributed by atoms with E-state index in [0.29, 0.717) is 19.0 Å². The minimum atomic E-state index is -4.11. The Balaban J connectivity index is 2.44. The van der Waals surface area contributed by atoms with Gasteiger partial charge in [-0.25, -0.2) is 17.9 Å². The number of nitrogens with two attached hydrogens (primary N) is 1. The minimum Gasteiger partial charge on any atom is -0.338 e. The molecule has 0 radical (unpaired) electrons. The van der Waals surface area contributed by atoms with E-state index in [1.54, 1.807) is 4.90 Å². The first-order chi connectivity index (χ1) is 9.70.